The van der Waals surface area contributed by atoms with E-state index >= 15 is 0 Å². The standard InChI is InChI=1S/C22H14N2O14S4/c25-23(26)13-5-9-15(10-6-13)39(29,30)19-17-3-1-2-4-18(17)20(41(33,34)35)22(42(36,37)38)21(19)40(31,32)16-11-7-14(8-12-16)24(27)28/h1-12H,(H,33,34,35)(H,36,37,38). The van der Waals surface area contributed by atoms with Crippen molar-refractivity contribution in [2.75, 3.05) is 0 Å². The molecule has 0 aromatic heterocycles. The van der Waals surface area contributed by atoms with Crippen LogP contribution in [-0.2, 0) is 39.9 Å². The fourth-order valence-electron chi connectivity index (χ4n) is 4.06. The van der Waals surface area contributed by atoms with Gasteiger partial charge in [0.25, 0.3) is 31.6 Å². The van der Waals surface area contributed by atoms with Gasteiger partial charge in [0.1, 0.15) is 19.6 Å². The molecule has 0 bridgehead atoms. The van der Waals surface area contributed by atoms with Crippen LogP contribution < -0.4 is 0 Å². The molecule has 0 aliphatic heterocycles. The Hall–Kier alpha value is -4.34. The molecule has 42 heavy (non-hydrogen) atoms. The number of nitro groups is 2. The molecule has 0 amide bonds. The minimum atomic E-state index is -6.01. The Morgan fingerprint density at radius 3 is 1.14 bits per heavy atom. The second-order valence-corrected chi connectivity index (χ2v) is 14.8. The first-order chi connectivity index (χ1) is 19.3. The van der Waals surface area contributed by atoms with Crippen LogP contribution in [0, 0.1) is 20.2 Å². The topological polar surface area (TPSA) is 263 Å². The fourth-order valence-corrected chi connectivity index (χ4v) is 10.6. The maximum Gasteiger partial charge on any atom is 0.297 e. The van der Waals surface area contributed by atoms with E-state index in [-0.39, 0.29) is 0 Å². The molecule has 4 aromatic carbocycles. The van der Waals surface area contributed by atoms with Crippen molar-refractivity contribution in [3.63, 3.8) is 0 Å². The average molecular weight is 659 g/mol. The zero-order valence-corrected chi connectivity index (χ0v) is 23.5. The molecule has 0 saturated carbocycles. The molecule has 20 heteroatoms. The van der Waals surface area contributed by atoms with Crippen LogP contribution in [0.3, 0.4) is 0 Å². The molecule has 220 valence electrons. The lowest BCUT2D eigenvalue weighted by atomic mass is 10.1. The average Bonchev–Trinajstić information content (AvgIpc) is 2.90. The minimum absolute atomic E-state index is 0.571. The Labute approximate surface area is 236 Å². The van der Waals surface area contributed by atoms with E-state index in [4.69, 9.17) is 0 Å². The van der Waals surface area contributed by atoms with Gasteiger partial charge in [0.2, 0.25) is 19.7 Å². The lowest BCUT2D eigenvalue weighted by molar-refractivity contribution is -0.385. The summed E-state index contributed by atoms with van der Waals surface area (Å²) < 4.78 is 126. The van der Waals surface area contributed by atoms with Crippen LogP contribution in [-0.4, -0.2) is 52.6 Å². The van der Waals surface area contributed by atoms with Crippen molar-refractivity contribution in [1.29, 1.82) is 0 Å². The number of rotatable bonds is 8. The normalized spacial score (nSPS) is 12.7. The van der Waals surface area contributed by atoms with Crippen molar-refractivity contribution in [3.05, 3.63) is 93.0 Å². The van der Waals surface area contributed by atoms with E-state index in [0.29, 0.717) is 36.4 Å². The van der Waals surface area contributed by atoms with Crippen LogP contribution in [0.5, 0.6) is 0 Å². The van der Waals surface area contributed by atoms with Crippen LogP contribution in [0.15, 0.2) is 102 Å². The van der Waals surface area contributed by atoms with Gasteiger partial charge in [0, 0.05) is 35.0 Å². The molecule has 0 atom stereocenters. The van der Waals surface area contributed by atoms with Gasteiger partial charge in [-0.15, -0.1) is 0 Å². The number of nitro benzene ring substituents is 2. The molecule has 0 unspecified atom stereocenters. The Bertz CT molecular complexity index is 2250. The zero-order chi connectivity index (χ0) is 31.4. The highest BCUT2D eigenvalue weighted by Gasteiger charge is 2.42. The number of hydrogen-bond acceptors (Lipinski definition) is 12. The van der Waals surface area contributed by atoms with Crippen molar-refractivity contribution in [1.82, 2.24) is 0 Å². The third-order valence-electron chi connectivity index (χ3n) is 5.80. The summed E-state index contributed by atoms with van der Waals surface area (Å²) >= 11 is 0. The molecule has 0 saturated heterocycles. The molecule has 2 N–H and O–H groups in total. The summed E-state index contributed by atoms with van der Waals surface area (Å²) in [5.74, 6) is 0. The summed E-state index contributed by atoms with van der Waals surface area (Å²) in [7, 11) is -22.5. The summed E-state index contributed by atoms with van der Waals surface area (Å²) in [4.78, 5) is 11.7. The van der Waals surface area contributed by atoms with Gasteiger partial charge < -0.3 is 0 Å². The minimum Gasteiger partial charge on any atom is -0.282 e. The summed E-state index contributed by atoms with van der Waals surface area (Å²) in [5.41, 5.74) is -1.20. The summed E-state index contributed by atoms with van der Waals surface area (Å²) in [6, 6.07) is 9.41. The molecular formula is C22H14N2O14S4. The monoisotopic (exact) mass is 658 g/mol. The van der Waals surface area contributed by atoms with Crippen molar-refractivity contribution in [2.45, 2.75) is 29.4 Å². The van der Waals surface area contributed by atoms with E-state index in [9.17, 15) is 63.0 Å². The van der Waals surface area contributed by atoms with Gasteiger partial charge in [0.05, 0.1) is 19.6 Å². The lowest BCUT2D eigenvalue weighted by Crippen LogP contribution is -2.20. The first kappa shape index (κ1) is 30.6. The Balaban J connectivity index is 2.33. The van der Waals surface area contributed by atoms with Crippen LogP contribution in [0.25, 0.3) is 10.8 Å². The van der Waals surface area contributed by atoms with Gasteiger partial charge in [-0.1, -0.05) is 24.3 Å². The highest BCUT2D eigenvalue weighted by atomic mass is 32.2. The van der Waals surface area contributed by atoms with E-state index in [1.165, 1.54) is 0 Å². The largest absolute Gasteiger partial charge is 0.297 e. The maximum atomic E-state index is 14.0. The smallest absolute Gasteiger partial charge is 0.282 e. The van der Waals surface area contributed by atoms with Crippen molar-refractivity contribution in [2.24, 2.45) is 0 Å². The second-order valence-electron chi connectivity index (χ2n) is 8.32. The van der Waals surface area contributed by atoms with Gasteiger partial charge in [-0.3, -0.25) is 29.3 Å². The van der Waals surface area contributed by atoms with Gasteiger partial charge in [0.15, 0.2) is 0 Å². The molecule has 0 aliphatic carbocycles. The number of non-ortho nitro benzene ring substituents is 2. The third kappa shape index (κ3) is 5.21. The second kappa shape index (κ2) is 10.2. The summed E-state index contributed by atoms with van der Waals surface area (Å²) in [5, 5.41) is 20.6. The first-order valence-electron chi connectivity index (χ1n) is 10.8. The van der Waals surface area contributed by atoms with Gasteiger partial charge in [-0.25, -0.2) is 16.8 Å². The third-order valence-corrected chi connectivity index (χ3v) is 11.7. The molecular weight excluding hydrogens is 645 g/mol. The molecule has 4 aromatic rings. The number of hydrogen-bond donors (Lipinski definition) is 2. The van der Waals surface area contributed by atoms with E-state index in [2.05, 4.69) is 0 Å². The number of nitrogens with zero attached hydrogens (tertiary/aromatic N) is 2. The molecule has 16 nitrogen and oxygen atoms in total. The van der Waals surface area contributed by atoms with E-state index in [1.54, 1.807) is 0 Å². The molecule has 4 rings (SSSR count). The Morgan fingerprint density at radius 1 is 0.476 bits per heavy atom. The maximum absolute atomic E-state index is 14.0. The fraction of sp³-hybridized carbons (Fsp3) is 0. The van der Waals surface area contributed by atoms with Gasteiger partial charge >= 0.3 is 0 Å². The predicted octanol–water partition coefficient (Wildman–Crippen LogP) is 2.82. The Morgan fingerprint density at radius 2 is 0.810 bits per heavy atom. The molecule has 0 heterocycles. The number of benzene rings is 4. The molecule has 0 aliphatic rings. The van der Waals surface area contributed by atoms with Crippen LogP contribution >= 0.6 is 0 Å². The first-order valence-corrected chi connectivity index (χ1v) is 16.7. The highest BCUT2D eigenvalue weighted by Crippen LogP contribution is 2.45. The lowest BCUT2D eigenvalue weighted by Gasteiger charge is -2.20. The molecule has 0 radical (unpaired) electrons. The molecule has 0 spiro atoms. The predicted molar refractivity (Wildman–Crippen MR) is 141 cm³/mol. The number of fused-ring (bicyclic) bond motifs is 1. The van der Waals surface area contributed by atoms with Crippen molar-refractivity contribution in [3.8, 4) is 0 Å². The highest BCUT2D eigenvalue weighted by molar-refractivity contribution is 7.95. The van der Waals surface area contributed by atoms with Gasteiger partial charge in [-0.05, 0) is 24.3 Å². The SMILES string of the molecule is O=[N+]([O-])c1ccc(S(=O)(=O)c2c(S(=O)(=O)O)c(S(=O)(=O)O)c3ccccc3c2S(=O)(=O)c2ccc([N+](=O)[O-])cc2)cc1. The summed E-state index contributed by atoms with van der Waals surface area (Å²) in [6.07, 6.45) is 0. The van der Waals surface area contributed by atoms with E-state index in [0.717, 1.165) is 36.4 Å². The summed E-state index contributed by atoms with van der Waals surface area (Å²) in [6.45, 7) is 0. The van der Waals surface area contributed by atoms with Crippen LogP contribution in [0.2, 0.25) is 0 Å². The zero-order valence-electron chi connectivity index (χ0n) is 20.2. The van der Waals surface area contributed by atoms with E-state index < -0.39 is 101 Å². The van der Waals surface area contributed by atoms with Gasteiger partial charge in [-0.2, -0.15) is 16.8 Å². The Kier molecular flexibility index (Phi) is 7.42. The quantitative estimate of drug-likeness (QED) is 0.157. The molecule has 0 fully saturated rings. The van der Waals surface area contributed by atoms with Crippen LogP contribution in [0.4, 0.5) is 11.4 Å². The van der Waals surface area contributed by atoms with Crippen LogP contribution in [0.1, 0.15) is 0 Å². The van der Waals surface area contributed by atoms with E-state index in [1.807, 2.05) is 0 Å². The van der Waals surface area contributed by atoms with Crippen molar-refractivity contribution < 1.29 is 52.6 Å². The number of sulfone groups is 2. The van der Waals surface area contributed by atoms with Crippen molar-refractivity contribution >= 4 is 62.1 Å².